The van der Waals surface area contributed by atoms with Gasteiger partial charge in [-0.05, 0) is 27.3 Å². The zero-order valence-electron chi connectivity index (χ0n) is 9.51. The first-order valence-corrected chi connectivity index (χ1v) is 7.93. The highest BCUT2D eigenvalue weighted by Gasteiger charge is 2.39. The monoisotopic (exact) mass is 240 g/mol. The van der Waals surface area contributed by atoms with Gasteiger partial charge in [0.2, 0.25) is 0 Å². The van der Waals surface area contributed by atoms with Gasteiger partial charge in [0.1, 0.15) is 5.00 Å². The summed E-state index contributed by atoms with van der Waals surface area (Å²) in [6.07, 6.45) is 0. The van der Waals surface area contributed by atoms with Gasteiger partial charge < -0.3 is 13.6 Å². The second kappa shape index (κ2) is 7.65. The fourth-order valence-corrected chi connectivity index (χ4v) is 3.65. The summed E-state index contributed by atoms with van der Waals surface area (Å²) in [7, 11) is -2.25. The van der Waals surface area contributed by atoms with Crippen molar-refractivity contribution in [2.45, 2.75) is 32.3 Å². The van der Waals surface area contributed by atoms with E-state index in [1.54, 1.807) is 0 Å². The lowest BCUT2D eigenvalue weighted by Crippen LogP contribution is -2.50. The van der Waals surface area contributed by atoms with Crippen LogP contribution < -0.4 is 0 Å². The fraction of sp³-hybridized carbons (Fsp3) is 1.00. The number of hydrogen-bond acceptors (Lipinski definition) is 3. The highest BCUT2D eigenvalue weighted by molar-refractivity contribution is 6.75. The molecule has 0 saturated heterocycles. The Hall–Kier alpha value is 0.387. The van der Waals surface area contributed by atoms with E-state index in [1.807, 2.05) is 27.3 Å². The molecule has 1 atom stereocenters. The quantitative estimate of drug-likeness (QED) is 0.482. The van der Waals surface area contributed by atoms with E-state index in [1.165, 1.54) is 0 Å². The van der Waals surface area contributed by atoms with Crippen molar-refractivity contribution in [2.75, 3.05) is 26.4 Å². The molecule has 0 aliphatic rings. The molecule has 0 heterocycles. The maximum absolute atomic E-state index is 6.21. The molecule has 0 N–H and O–H groups in total. The Balaban J connectivity index is 4.15. The molecule has 0 bridgehead atoms. The van der Waals surface area contributed by atoms with Crippen LogP contribution in [-0.4, -0.2) is 40.0 Å². The van der Waals surface area contributed by atoms with Crippen LogP contribution in [0.15, 0.2) is 0 Å². The van der Waals surface area contributed by atoms with Crippen LogP contribution in [-0.2, 0) is 13.6 Å². The first-order valence-electron chi connectivity index (χ1n) is 5.10. The van der Waals surface area contributed by atoms with Crippen molar-refractivity contribution in [1.82, 2.24) is 0 Å². The van der Waals surface area contributed by atoms with E-state index >= 15 is 0 Å². The molecule has 86 valence electrons. The Bertz CT molecular complexity index is 140. The van der Waals surface area contributed by atoms with Gasteiger partial charge in [-0.3, -0.25) is 0 Å². The first kappa shape index (κ1) is 14.4. The maximum atomic E-state index is 6.21. The van der Waals surface area contributed by atoms with Crippen LogP contribution >= 0.6 is 11.6 Å². The maximum Gasteiger partial charge on any atom is 0.355 e. The van der Waals surface area contributed by atoms with Gasteiger partial charge in [0.05, 0.1) is 6.61 Å². The molecule has 0 aliphatic heterocycles. The van der Waals surface area contributed by atoms with Crippen LogP contribution in [0.5, 0.6) is 0 Å². The van der Waals surface area contributed by atoms with Crippen LogP contribution in [0.3, 0.4) is 0 Å². The van der Waals surface area contributed by atoms with Gasteiger partial charge in [-0.2, -0.15) is 0 Å². The molecule has 0 spiro atoms. The molecule has 1 unspecified atom stereocenters. The SMILES string of the molecule is CCOCC(Cl)[Si](C)(OCC)OCC. The zero-order valence-corrected chi connectivity index (χ0v) is 11.3. The number of halogens is 1. The summed E-state index contributed by atoms with van der Waals surface area (Å²) >= 11 is 6.21. The summed E-state index contributed by atoms with van der Waals surface area (Å²) in [5.41, 5.74) is 0. The van der Waals surface area contributed by atoms with E-state index in [-0.39, 0.29) is 5.00 Å². The number of hydrogen-bond donors (Lipinski definition) is 0. The standard InChI is InChI=1S/C9H21ClO3Si/c1-5-11-8-9(10)14(4,12-6-2)13-7-3/h9H,5-8H2,1-4H3. The molecule has 0 aromatic heterocycles. The van der Waals surface area contributed by atoms with E-state index in [2.05, 4.69) is 0 Å². The molecule has 5 heteroatoms. The smallest absolute Gasteiger partial charge is 0.355 e. The van der Waals surface area contributed by atoms with Gasteiger partial charge in [0, 0.05) is 19.8 Å². The Kier molecular flexibility index (Phi) is 7.86. The summed E-state index contributed by atoms with van der Waals surface area (Å²) in [6.45, 7) is 10.3. The minimum Gasteiger partial charge on any atom is -0.394 e. The molecule has 0 aromatic carbocycles. The largest absolute Gasteiger partial charge is 0.394 e. The van der Waals surface area contributed by atoms with Gasteiger partial charge in [-0.25, -0.2) is 0 Å². The molecule has 0 radical (unpaired) electrons. The van der Waals surface area contributed by atoms with Gasteiger partial charge in [0.25, 0.3) is 0 Å². The predicted molar refractivity (Wildman–Crippen MR) is 61.0 cm³/mol. The summed E-state index contributed by atoms with van der Waals surface area (Å²) < 4.78 is 16.5. The lowest BCUT2D eigenvalue weighted by molar-refractivity contribution is 0.132. The zero-order chi connectivity index (χ0) is 11.0. The molecular weight excluding hydrogens is 220 g/mol. The van der Waals surface area contributed by atoms with Crippen molar-refractivity contribution in [2.24, 2.45) is 0 Å². The Morgan fingerprint density at radius 1 is 1.07 bits per heavy atom. The van der Waals surface area contributed by atoms with E-state index in [0.717, 1.165) is 0 Å². The molecule has 0 aliphatic carbocycles. The molecule has 0 aromatic rings. The Labute approximate surface area is 92.9 Å². The molecule has 0 rings (SSSR count). The second-order valence-electron chi connectivity index (χ2n) is 3.01. The molecule has 14 heavy (non-hydrogen) atoms. The van der Waals surface area contributed by atoms with Crippen LogP contribution in [0.25, 0.3) is 0 Å². The highest BCUT2D eigenvalue weighted by Crippen LogP contribution is 2.18. The van der Waals surface area contributed by atoms with Crippen molar-refractivity contribution >= 4 is 20.2 Å². The molecular formula is C9H21ClO3Si. The van der Waals surface area contributed by atoms with E-state index < -0.39 is 8.56 Å². The Morgan fingerprint density at radius 3 is 1.93 bits per heavy atom. The van der Waals surface area contributed by atoms with E-state index in [0.29, 0.717) is 26.4 Å². The van der Waals surface area contributed by atoms with Crippen LogP contribution in [0.2, 0.25) is 6.55 Å². The average Bonchev–Trinajstić information content (AvgIpc) is 2.15. The summed E-state index contributed by atoms with van der Waals surface area (Å²) in [6, 6.07) is 0. The third-order valence-electron chi connectivity index (χ3n) is 1.90. The summed E-state index contributed by atoms with van der Waals surface area (Å²) in [5.74, 6) is 0. The summed E-state index contributed by atoms with van der Waals surface area (Å²) in [5, 5.41) is -0.151. The van der Waals surface area contributed by atoms with Gasteiger partial charge in [-0.1, -0.05) is 0 Å². The van der Waals surface area contributed by atoms with Gasteiger partial charge >= 0.3 is 8.56 Å². The minimum absolute atomic E-state index is 0.151. The minimum atomic E-state index is -2.25. The predicted octanol–water partition coefficient (Wildman–Crippen LogP) is 2.31. The third-order valence-corrected chi connectivity index (χ3v) is 6.24. The second-order valence-corrected chi connectivity index (χ2v) is 7.21. The van der Waals surface area contributed by atoms with Crippen molar-refractivity contribution in [3.63, 3.8) is 0 Å². The van der Waals surface area contributed by atoms with Crippen molar-refractivity contribution < 1.29 is 13.6 Å². The molecule has 0 amide bonds. The van der Waals surface area contributed by atoms with Crippen LogP contribution in [0.4, 0.5) is 0 Å². The van der Waals surface area contributed by atoms with Crippen LogP contribution in [0.1, 0.15) is 20.8 Å². The lowest BCUT2D eigenvalue weighted by atomic mass is 10.8. The van der Waals surface area contributed by atoms with E-state index in [9.17, 15) is 0 Å². The average molecular weight is 241 g/mol. The van der Waals surface area contributed by atoms with E-state index in [4.69, 9.17) is 25.2 Å². The van der Waals surface area contributed by atoms with Gasteiger partial charge in [-0.15, -0.1) is 11.6 Å². The lowest BCUT2D eigenvalue weighted by Gasteiger charge is -2.29. The molecule has 0 saturated carbocycles. The first-order chi connectivity index (χ1) is 6.60. The normalized spacial score (nSPS) is 14.4. The topological polar surface area (TPSA) is 27.7 Å². The molecule has 3 nitrogen and oxygen atoms in total. The highest BCUT2D eigenvalue weighted by atomic mass is 35.5. The Morgan fingerprint density at radius 2 is 1.57 bits per heavy atom. The van der Waals surface area contributed by atoms with Gasteiger partial charge in [0.15, 0.2) is 0 Å². The third kappa shape index (κ3) is 4.75. The van der Waals surface area contributed by atoms with Crippen molar-refractivity contribution in [1.29, 1.82) is 0 Å². The number of ether oxygens (including phenoxy) is 1. The van der Waals surface area contributed by atoms with Crippen molar-refractivity contribution in [3.05, 3.63) is 0 Å². The number of alkyl halides is 1. The summed E-state index contributed by atoms with van der Waals surface area (Å²) in [4.78, 5) is 0. The van der Waals surface area contributed by atoms with Crippen LogP contribution in [0, 0.1) is 0 Å². The van der Waals surface area contributed by atoms with Crippen molar-refractivity contribution in [3.8, 4) is 0 Å². The fourth-order valence-electron chi connectivity index (χ4n) is 1.17. The number of rotatable bonds is 8. The molecule has 0 fully saturated rings.